The third-order valence-electron chi connectivity index (χ3n) is 5.26. The van der Waals surface area contributed by atoms with Crippen LogP contribution in [-0.2, 0) is 6.54 Å². The lowest BCUT2D eigenvalue weighted by molar-refractivity contribution is 0.250. The number of aromatic nitrogens is 1. The molecule has 1 aromatic heterocycles. The molecule has 5 nitrogen and oxygen atoms in total. The lowest BCUT2D eigenvalue weighted by Crippen LogP contribution is -2.34. The van der Waals surface area contributed by atoms with Crippen molar-refractivity contribution in [2.45, 2.75) is 46.2 Å². The first-order chi connectivity index (χ1) is 14.5. The number of nitrogens with zero attached hydrogens (tertiary/aromatic N) is 1. The molecule has 0 spiro atoms. The van der Waals surface area contributed by atoms with Crippen LogP contribution in [0.1, 0.15) is 33.6 Å². The number of amides is 2. The normalized spacial score (nSPS) is 13.6. The highest BCUT2D eigenvalue weighted by molar-refractivity contribution is 9.10. The summed E-state index contributed by atoms with van der Waals surface area (Å²) in [5.41, 5.74) is 4.25. The second kappa shape index (κ2) is 8.72. The van der Waals surface area contributed by atoms with E-state index in [1.165, 1.54) is 29.4 Å². The number of ether oxygens (including phenoxy) is 1. The first kappa shape index (κ1) is 20.8. The predicted molar refractivity (Wildman–Crippen MR) is 126 cm³/mol. The molecular weight excluding hydrogens is 442 g/mol. The van der Waals surface area contributed by atoms with Crippen LogP contribution in [0.4, 0.5) is 10.5 Å². The number of benzene rings is 2. The van der Waals surface area contributed by atoms with Gasteiger partial charge in [-0.25, -0.2) is 4.79 Å². The topological polar surface area (TPSA) is 55.3 Å². The fraction of sp³-hybridized carbons (Fsp3) is 0.375. The number of hydrogen-bond donors (Lipinski definition) is 2. The standard InChI is InChI=1S/C24H28BrN3O2/c1-4-30-19-11-12-20-21(13-19)28(14-16-5-6-16)23(22(20)25)17-7-9-18(10-8-17)27-24(29)26-15(2)3/h7-13,15-16H,4-6,14H2,1-3H3,(H2,26,27,29). The Morgan fingerprint density at radius 2 is 1.93 bits per heavy atom. The minimum atomic E-state index is -0.190. The molecule has 2 N–H and O–H groups in total. The van der Waals surface area contributed by atoms with E-state index in [0.717, 1.165) is 33.9 Å². The van der Waals surface area contributed by atoms with E-state index < -0.39 is 0 Å². The largest absolute Gasteiger partial charge is 0.494 e. The number of carbonyl (C=O) groups is 1. The van der Waals surface area contributed by atoms with Crippen molar-refractivity contribution < 1.29 is 9.53 Å². The zero-order valence-corrected chi connectivity index (χ0v) is 19.3. The van der Waals surface area contributed by atoms with E-state index in [2.05, 4.69) is 55.4 Å². The summed E-state index contributed by atoms with van der Waals surface area (Å²) in [4.78, 5) is 12.0. The molecule has 1 heterocycles. The van der Waals surface area contributed by atoms with Gasteiger partial charge in [0.05, 0.1) is 22.3 Å². The Balaban J connectivity index is 1.70. The number of halogens is 1. The Bertz CT molecular complexity index is 1050. The fourth-order valence-corrected chi connectivity index (χ4v) is 4.49. The molecule has 30 heavy (non-hydrogen) atoms. The minimum absolute atomic E-state index is 0.0972. The quantitative estimate of drug-likeness (QED) is 0.419. The van der Waals surface area contributed by atoms with E-state index in [-0.39, 0.29) is 12.1 Å². The second-order valence-corrected chi connectivity index (χ2v) is 8.95. The number of carbonyl (C=O) groups excluding carboxylic acids is 1. The van der Waals surface area contributed by atoms with Crippen molar-refractivity contribution in [3.8, 4) is 17.0 Å². The Kier molecular flexibility index (Phi) is 6.04. The maximum Gasteiger partial charge on any atom is 0.319 e. The van der Waals surface area contributed by atoms with Crippen molar-refractivity contribution in [1.29, 1.82) is 0 Å². The number of nitrogens with one attached hydrogen (secondary N) is 2. The van der Waals surface area contributed by atoms with Gasteiger partial charge in [0.1, 0.15) is 5.75 Å². The maximum atomic E-state index is 12.0. The maximum absolute atomic E-state index is 12.0. The molecule has 2 aromatic carbocycles. The Labute approximate surface area is 185 Å². The minimum Gasteiger partial charge on any atom is -0.494 e. The van der Waals surface area contributed by atoms with Gasteiger partial charge in [-0.15, -0.1) is 0 Å². The molecule has 2 amide bonds. The Morgan fingerprint density at radius 1 is 1.20 bits per heavy atom. The molecule has 4 rings (SSSR count). The second-order valence-electron chi connectivity index (χ2n) is 8.16. The molecule has 1 fully saturated rings. The third kappa shape index (κ3) is 4.48. The van der Waals surface area contributed by atoms with Crippen LogP contribution in [0.2, 0.25) is 0 Å². The summed E-state index contributed by atoms with van der Waals surface area (Å²) >= 11 is 3.86. The van der Waals surface area contributed by atoms with Gasteiger partial charge in [-0.1, -0.05) is 12.1 Å². The van der Waals surface area contributed by atoms with Crippen molar-refractivity contribution >= 4 is 38.6 Å². The molecule has 0 bridgehead atoms. The Morgan fingerprint density at radius 3 is 2.57 bits per heavy atom. The van der Waals surface area contributed by atoms with Crippen LogP contribution in [0.15, 0.2) is 46.9 Å². The van der Waals surface area contributed by atoms with E-state index >= 15 is 0 Å². The summed E-state index contributed by atoms with van der Waals surface area (Å²) in [5.74, 6) is 1.64. The third-order valence-corrected chi connectivity index (χ3v) is 6.06. The first-order valence-electron chi connectivity index (χ1n) is 10.6. The highest BCUT2D eigenvalue weighted by Gasteiger charge is 2.26. The molecule has 158 valence electrons. The van der Waals surface area contributed by atoms with Gasteiger partial charge in [0.2, 0.25) is 0 Å². The molecular formula is C24H28BrN3O2. The monoisotopic (exact) mass is 469 g/mol. The van der Waals surface area contributed by atoms with Crippen LogP contribution < -0.4 is 15.4 Å². The van der Waals surface area contributed by atoms with E-state index in [4.69, 9.17) is 4.74 Å². The summed E-state index contributed by atoms with van der Waals surface area (Å²) in [7, 11) is 0. The molecule has 0 aliphatic heterocycles. The molecule has 0 saturated heterocycles. The molecule has 0 radical (unpaired) electrons. The van der Waals surface area contributed by atoms with E-state index in [9.17, 15) is 4.79 Å². The summed E-state index contributed by atoms with van der Waals surface area (Å²) in [5, 5.41) is 6.92. The summed E-state index contributed by atoms with van der Waals surface area (Å²) < 4.78 is 9.26. The van der Waals surface area contributed by atoms with Crippen molar-refractivity contribution in [2.24, 2.45) is 5.92 Å². The molecule has 0 atom stereocenters. The van der Waals surface area contributed by atoms with Crippen molar-refractivity contribution in [3.05, 3.63) is 46.9 Å². The van der Waals surface area contributed by atoms with Crippen molar-refractivity contribution in [2.75, 3.05) is 11.9 Å². The zero-order valence-electron chi connectivity index (χ0n) is 17.7. The van der Waals surface area contributed by atoms with Gasteiger partial charge in [-0.3, -0.25) is 0 Å². The van der Waals surface area contributed by atoms with Crippen LogP contribution in [0, 0.1) is 5.92 Å². The van der Waals surface area contributed by atoms with Gasteiger partial charge in [-0.05, 0) is 85.3 Å². The van der Waals surface area contributed by atoms with Crippen LogP contribution in [-0.4, -0.2) is 23.2 Å². The van der Waals surface area contributed by atoms with Gasteiger partial charge in [0.15, 0.2) is 0 Å². The fourth-order valence-electron chi connectivity index (χ4n) is 3.71. The lowest BCUT2D eigenvalue weighted by Gasteiger charge is -2.13. The van der Waals surface area contributed by atoms with E-state index in [1.54, 1.807) is 0 Å². The van der Waals surface area contributed by atoms with Gasteiger partial charge in [0, 0.05) is 29.7 Å². The highest BCUT2D eigenvalue weighted by Crippen LogP contribution is 2.42. The van der Waals surface area contributed by atoms with Crippen molar-refractivity contribution in [3.63, 3.8) is 0 Å². The smallest absolute Gasteiger partial charge is 0.319 e. The SMILES string of the molecule is CCOc1ccc2c(Br)c(-c3ccc(NC(=O)NC(C)C)cc3)n(CC3CC3)c2c1. The molecule has 1 saturated carbocycles. The average Bonchev–Trinajstić information content (AvgIpc) is 3.48. The first-order valence-corrected chi connectivity index (χ1v) is 11.4. The number of fused-ring (bicyclic) bond motifs is 1. The summed E-state index contributed by atoms with van der Waals surface area (Å²) in [6.45, 7) is 7.54. The molecule has 3 aromatic rings. The zero-order chi connectivity index (χ0) is 21.3. The van der Waals surface area contributed by atoms with Gasteiger partial charge >= 0.3 is 6.03 Å². The highest BCUT2D eigenvalue weighted by atomic mass is 79.9. The van der Waals surface area contributed by atoms with Gasteiger partial charge < -0.3 is 19.9 Å². The number of urea groups is 1. The summed E-state index contributed by atoms with van der Waals surface area (Å²) in [6, 6.07) is 14.2. The van der Waals surface area contributed by atoms with E-state index in [0.29, 0.717) is 6.61 Å². The van der Waals surface area contributed by atoms with Crippen LogP contribution in [0.25, 0.3) is 22.2 Å². The van der Waals surface area contributed by atoms with Crippen LogP contribution in [0.5, 0.6) is 5.75 Å². The molecule has 6 heteroatoms. The van der Waals surface area contributed by atoms with Gasteiger partial charge in [0.25, 0.3) is 0 Å². The average molecular weight is 470 g/mol. The number of rotatable bonds is 7. The summed E-state index contributed by atoms with van der Waals surface area (Å²) in [6.07, 6.45) is 2.57. The van der Waals surface area contributed by atoms with Crippen molar-refractivity contribution in [1.82, 2.24) is 9.88 Å². The van der Waals surface area contributed by atoms with Crippen LogP contribution >= 0.6 is 15.9 Å². The molecule has 1 aliphatic rings. The molecule has 0 unspecified atom stereocenters. The Hall–Kier alpha value is -2.47. The number of anilines is 1. The van der Waals surface area contributed by atoms with E-state index in [1.807, 2.05) is 39.0 Å². The number of hydrogen-bond acceptors (Lipinski definition) is 2. The lowest BCUT2D eigenvalue weighted by atomic mass is 10.1. The van der Waals surface area contributed by atoms with Crippen LogP contribution in [0.3, 0.4) is 0 Å². The van der Waals surface area contributed by atoms with Gasteiger partial charge in [-0.2, -0.15) is 0 Å². The predicted octanol–water partition coefficient (Wildman–Crippen LogP) is 6.41. The molecule has 1 aliphatic carbocycles.